The third-order valence-electron chi connectivity index (χ3n) is 2.77. The van der Waals surface area contributed by atoms with Crippen LogP contribution in [0.5, 0.6) is 0 Å². The Bertz CT molecular complexity index is 679. The van der Waals surface area contributed by atoms with Gasteiger partial charge in [-0.25, -0.2) is 0 Å². The first-order chi connectivity index (χ1) is 9.02. The number of aromatic nitrogens is 2. The zero-order valence-electron chi connectivity index (χ0n) is 10.8. The second-order valence-electron chi connectivity index (χ2n) is 4.15. The van der Waals surface area contributed by atoms with Crippen molar-refractivity contribution in [2.75, 3.05) is 11.1 Å². The number of terminal acetylenes is 1. The fraction of sp³-hybridized carbons (Fsp3) is 0.143. The zero-order valence-corrected chi connectivity index (χ0v) is 10.8. The van der Waals surface area contributed by atoms with E-state index in [-0.39, 0.29) is 5.91 Å². The number of hydrogen-bond acceptors (Lipinski definition) is 3. The van der Waals surface area contributed by atoms with Crippen molar-refractivity contribution in [2.24, 2.45) is 7.05 Å². The van der Waals surface area contributed by atoms with Crippen LogP contribution in [0.15, 0.2) is 24.3 Å². The summed E-state index contributed by atoms with van der Waals surface area (Å²) >= 11 is 0. The molecule has 5 heteroatoms. The average molecular weight is 254 g/mol. The van der Waals surface area contributed by atoms with E-state index in [0.717, 1.165) is 0 Å². The Kier molecular flexibility index (Phi) is 3.25. The number of benzene rings is 1. The minimum atomic E-state index is -0.310. The normalized spacial score (nSPS) is 9.95. The van der Waals surface area contributed by atoms with Crippen molar-refractivity contribution >= 4 is 17.3 Å². The Morgan fingerprint density at radius 3 is 2.84 bits per heavy atom. The summed E-state index contributed by atoms with van der Waals surface area (Å²) in [6.07, 6.45) is 5.32. The van der Waals surface area contributed by atoms with Gasteiger partial charge in [0, 0.05) is 18.3 Å². The van der Waals surface area contributed by atoms with Crippen LogP contribution in [0, 0.1) is 19.3 Å². The summed E-state index contributed by atoms with van der Waals surface area (Å²) in [4.78, 5) is 12.2. The Hall–Kier alpha value is -2.74. The fourth-order valence-corrected chi connectivity index (χ4v) is 1.82. The Labute approximate surface area is 111 Å². The quantitative estimate of drug-likeness (QED) is 0.798. The number of aryl methyl sites for hydroxylation is 2. The molecule has 0 unspecified atom stereocenters. The summed E-state index contributed by atoms with van der Waals surface area (Å²) in [6, 6.07) is 7.05. The maximum absolute atomic E-state index is 12.2. The van der Waals surface area contributed by atoms with Gasteiger partial charge >= 0.3 is 0 Å². The number of hydrogen-bond donors (Lipinski definition) is 2. The molecule has 2 aromatic rings. The van der Waals surface area contributed by atoms with E-state index in [2.05, 4.69) is 16.3 Å². The molecule has 0 fully saturated rings. The molecule has 0 atom stereocenters. The van der Waals surface area contributed by atoms with Gasteiger partial charge in [0.2, 0.25) is 0 Å². The van der Waals surface area contributed by atoms with Crippen LogP contribution < -0.4 is 11.1 Å². The van der Waals surface area contributed by atoms with Gasteiger partial charge in [-0.15, -0.1) is 6.42 Å². The van der Waals surface area contributed by atoms with E-state index in [9.17, 15) is 4.79 Å². The molecule has 1 amide bonds. The van der Waals surface area contributed by atoms with Gasteiger partial charge in [0.15, 0.2) is 0 Å². The molecule has 0 radical (unpaired) electrons. The summed E-state index contributed by atoms with van der Waals surface area (Å²) in [5.74, 6) is 2.20. The number of nitrogen functional groups attached to an aromatic ring is 1. The predicted octanol–water partition coefficient (Wildman–Crippen LogP) is 1.54. The molecule has 96 valence electrons. The molecule has 2 rings (SSSR count). The molecule has 0 aliphatic carbocycles. The molecular formula is C14H14N4O. The van der Waals surface area contributed by atoms with Crippen LogP contribution in [0.4, 0.5) is 11.4 Å². The van der Waals surface area contributed by atoms with Crippen LogP contribution in [0.25, 0.3) is 0 Å². The summed E-state index contributed by atoms with van der Waals surface area (Å²) in [5.41, 5.74) is 8.51. The number of nitrogens with one attached hydrogen (secondary N) is 1. The van der Waals surface area contributed by atoms with Crippen LogP contribution in [0.1, 0.15) is 21.7 Å². The van der Waals surface area contributed by atoms with Crippen LogP contribution in [-0.2, 0) is 7.05 Å². The summed E-state index contributed by atoms with van der Waals surface area (Å²) in [5, 5.41) is 6.86. The lowest BCUT2D eigenvalue weighted by Gasteiger charge is -2.06. The first-order valence-electron chi connectivity index (χ1n) is 5.70. The number of nitrogens with two attached hydrogens (primary N) is 1. The van der Waals surface area contributed by atoms with Gasteiger partial charge in [-0.2, -0.15) is 5.10 Å². The van der Waals surface area contributed by atoms with Gasteiger partial charge in [0.05, 0.1) is 11.4 Å². The number of amides is 1. The number of carbonyl (C=O) groups excluding carboxylic acids is 1. The summed E-state index contributed by atoms with van der Waals surface area (Å²) in [6.45, 7) is 1.76. The standard InChI is InChI=1S/C14H14N4O/c1-4-10-6-5-7-11(8-10)16-14(19)13-12(15)9(2)17-18(13)3/h1,5-8H,15H2,2-3H3,(H,16,19). The SMILES string of the molecule is C#Cc1cccc(NC(=O)c2c(N)c(C)nn2C)c1. The maximum atomic E-state index is 12.2. The Balaban J connectivity index is 2.28. The van der Waals surface area contributed by atoms with Crippen molar-refractivity contribution in [2.45, 2.75) is 6.92 Å². The molecule has 0 saturated carbocycles. The highest BCUT2D eigenvalue weighted by Gasteiger charge is 2.17. The minimum Gasteiger partial charge on any atom is -0.395 e. The van der Waals surface area contributed by atoms with Crippen molar-refractivity contribution < 1.29 is 4.79 Å². The second kappa shape index (κ2) is 4.86. The monoisotopic (exact) mass is 254 g/mol. The molecule has 0 saturated heterocycles. The van der Waals surface area contributed by atoms with E-state index in [4.69, 9.17) is 12.2 Å². The van der Waals surface area contributed by atoms with E-state index in [1.807, 2.05) is 0 Å². The molecule has 1 aromatic heterocycles. The molecular weight excluding hydrogens is 240 g/mol. The van der Waals surface area contributed by atoms with Gasteiger partial charge < -0.3 is 11.1 Å². The molecule has 1 heterocycles. The highest BCUT2D eigenvalue weighted by atomic mass is 16.2. The molecule has 0 aliphatic rings. The van der Waals surface area contributed by atoms with Crippen LogP contribution in [-0.4, -0.2) is 15.7 Å². The zero-order chi connectivity index (χ0) is 14.0. The lowest BCUT2D eigenvalue weighted by molar-refractivity contribution is 0.101. The summed E-state index contributed by atoms with van der Waals surface area (Å²) in [7, 11) is 1.68. The lowest BCUT2D eigenvalue weighted by Crippen LogP contribution is -2.17. The molecule has 0 bridgehead atoms. The third-order valence-corrected chi connectivity index (χ3v) is 2.77. The minimum absolute atomic E-state index is 0.310. The number of anilines is 2. The van der Waals surface area contributed by atoms with E-state index in [1.54, 1.807) is 38.2 Å². The molecule has 5 nitrogen and oxygen atoms in total. The first kappa shape index (κ1) is 12.7. The average Bonchev–Trinajstić information content (AvgIpc) is 2.63. The first-order valence-corrected chi connectivity index (χ1v) is 5.70. The van der Waals surface area contributed by atoms with Crippen LogP contribution in [0.2, 0.25) is 0 Å². The highest BCUT2D eigenvalue weighted by molar-refractivity contribution is 6.06. The van der Waals surface area contributed by atoms with E-state index < -0.39 is 0 Å². The number of nitrogens with zero attached hydrogens (tertiary/aromatic N) is 2. The van der Waals surface area contributed by atoms with Gasteiger partial charge in [-0.05, 0) is 25.1 Å². The smallest absolute Gasteiger partial charge is 0.276 e. The Morgan fingerprint density at radius 2 is 2.26 bits per heavy atom. The van der Waals surface area contributed by atoms with Gasteiger partial charge in [-0.3, -0.25) is 9.48 Å². The van der Waals surface area contributed by atoms with Crippen molar-refractivity contribution in [1.29, 1.82) is 0 Å². The Morgan fingerprint density at radius 1 is 1.53 bits per heavy atom. The van der Waals surface area contributed by atoms with Gasteiger partial charge in [0.1, 0.15) is 5.69 Å². The maximum Gasteiger partial charge on any atom is 0.276 e. The van der Waals surface area contributed by atoms with E-state index in [0.29, 0.717) is 28.3 Å². The van der Waals surface area contributed by atoms with Crippen molar-refractivity contribution in [3.05, 3.63) is 41.2 Å². The fourth-order valence-electron chi connectivity index (χ4n) is 1.82. The predicted molar refractivity (Wildman–Crippen MR) is 74.7 cm³/mol. The lowest BCUT2D eigenvalue weighted by atomic mass is 10.2. The number of carbonyl (C=O) groups is 1. The van der Waals surface area contributed by atoms with Gasteiger partial charge in [-0.1, -0.05) is 12.0 Å². The number of rotatable bonds is 2. The van der Waals surface area contributed by atoms with E-state index in [1.165, 1.54) is 4.68 Å². The van der Waals surface area contributed by atoms with Crippen molar-refractivity contribution in [3.63, 3.8) is 0 Å². The molecule has 1 aromatic carbocycles. The van der Waals surface area contributed by atoms with Crippen LogP contribution in [0.3, 0.4) is 0 Å². The molecule has 0 aliphatic heterocycles. The largest absolute Gasteiger partial charge is 0.395 e. The second-order valence-corrected chi connectivity index (χ2v) is 4.15. The molecule has 0 spiro atoms. The third kappa shape index (κ3) is 2.43. The molecule has 19 heavy (non-hydrogen) atoms. The van der Waals surface area contributed by atoms with Crippen molar-refractivity contribution in [1.82, 2.24) is 9.78 Å². The van der Waals surface area contributed by atoms with Crippen molar-refractivity contribution in [3.8, 4) is 12.3 Å². The van der Waals surface area contributed by atoms with E-state index >= 15 is 0 Å². The molecule has 3 N–H and O–H groups in total. The van der Waals surface area contributed by atoms with Crippen LogP contribution >= 0.6 is 0 Å². The topological polar surface area (TPSA) is 72.9 Å². The summed E-state index contributed by atoms with van der Waals surface area (Å²) < 4.78 is 1.46. The van der Waals surface area contributed by atoms with Gasteiger partial charge in [0.25, 0.3) is 5.91 Å². The highest BCUT2D eigenvalue weighted by Crippen LogP contribution is 2.17.